The minimum Gasteiger partial charge on any atom is -0.497 e. The summed E-state index contributed by atoms with van der Waals surface area (Å²) in [6.07, 6.45) is 1.47. The maximum absolute atomic E-state index is 11.4. The van der Waals surface area contributed by atoms with Gasteiger partial charge in [-0.25, -0.2) is 14.8 Å². The number of anilines is 2. The summed E-state index contributed by atoms with van der Waals surface area (Å²) in [6, 6.07) is 10.6. The Kier molecular flexibility index (Phi) is 5.43. The molecule has 0 saturated heterocycles. The van der Waals surface area contributed by atoms with Crippen LogP contribution in [0.2, 0.25) is 5.02 Å². The lowest BCUT2D eigenvalue weighted by Crippen LogP contribution is -2.03. The van der Waals surface area contributed by atoms with Crippen molar-refractivity contribution in [3.8, 4) is 22.6 Å². The van der Waals surface area contributed by atoms with Gasteiger partial charge in [-0.15, -0.1) is 11.3 Å². The van der Waals surface area contributed by atoms with Crippen LogP contribution in [0.1, 0.15) is 10.4 Å². The van der Waals surface area contributed by atoms with Crippen LogP contribution in [0.5, 0.6) is 11.5 Å². The molecule has 4 rings (SSSR count). The first-order chi connectivity index (χ1) is 14.5. The minimum atomic E-state index is -1.12. The van der Waals surface area contributed by atoms with Crippen LogP contribution in [-0.2, 0) is 0 Å². The second-order valence-electron chi connectivity index (χ2n) is 6.24. The average Bonchev–Trinajstić information content (AvgIpc) is 3.20. The number of thiophene rings is 1. The van der Waals surface area contributed by atoms with Gasteiger partial charge in [0.1, 0.15) is 34.0 Å². The van der Waals surface area contributed by atoms with Gasteiger partial charge in [0.25, 0.3) is 0 Å². The molecule has 30 heavy (non-hydrogen) atoms. The van der Waals surface area contributed by atoms with Crippen LogP contribution in [0.15, 0.2) is 48.1 Å². The highest BCUT2D eigenvalue weighted by atomic mass is 35.5. The van der Waals surface area contributed by atoms with E-state index in [9.17, 15) is 9.90 Å². The topological polar surface area (TPSA) is 93.6 Å². The van der Waals surface area contributed by atoms with E-state index in [1.165, 1.54) is 30.8 Å². The summed E-state index contributed by atoms with van der Waals surface area (Å²) in [7, 11) is 3.03. The number of nitrogens with zero attached hydrogens (tertiary/aromatic N) is 2. The number of fused-ring (bicyclic) bond motifs is 1. The molecule has 2 aromatic heterocycles. The third-order valence-corrected chi connectivity index (χ3v) is 5.74. The molecule has 0 spiro atoms. The van der Waals surface area contributed by atoms with Crippen LogP contribution in [0.3, 0.4) is 0 Å². The largest absolute Gasteiger partial charge is 0.497 e. The molecule has 0 bridgehead atoms. The lowest BCUT2D eigenvalue weighted by molar-refractivity contribution is 0.0693. The van der Waals surface area contributed by atoms with Crippen molar-refractivity contribution in [2.75, 3.05) is 19.5 Å². The number of hydrogen-bond acceptors (Lipinski definition) is 7. The molecule has 0 aliphatic carbocycles. The average molecular weight is 442 g/mol. The molecule has 7 nitrogen and oxygen atoms in total. The summed E-state index contributed by atoms with van der Waals surface area (Å²) in [6.45, 7) is 0. The van der Waals surface area contributed by atoms with E-state index in [-0.39, 0.29) is 16.3 Å². The second kappa shape index (κ2) is 8.17. The zero-order valence-electron chi connectivity index (χ0n) is 16.0. The fourth-order valence-electron chi connectivity index (χ4n) is 3.07. The summed E-state index contributed by atoms with van der Waals surface area (Å²) in [5, 5.41) is 15.6. The van der Waals surface area contributed by atoms with Crippen LogP contribution in [0.25, 0.3) is 21.3 Å². The van der Waals surface area contributed by atoms with Crippen LogP contribution in [0, 0.1) is 0 Å². The van der Waals surface area contributed by atoms with Gasteiger partial charge in [0.15, 0.2) is 0 Å². The summed E-state index contributed by atoms with van der Waals surface area (Å²) < 4.78 is 10.4. The Morgan fingerprint density at radius 3 is 2.57 bits per heavy atom. The Balaban J connectivity index is 1.80. The molecule has 0 amide bonds. The number of rotatable bonds is 6. The molecule has 0 radical (unpaired) electrons. The molecule has 152 valence electrons. The van der Waals surface area contributed by atoms with Gasteiger partial charge in [0.2, 0.25) is 0 Å². The molecule has 9 heteroatoms. The predicted molar refractivity (Wildman–Crippen MR) is 118 cm³/mol. The van der Waals surface area contributed by atoms with E-state index in [0.717, 1.165) is 27.1 Å². The molecule has 0 aliphatic rings. The van der Waals surface area contributed by atoms with E-state index in [1.807, 2.05) is 29.6 Å². The molecular formula is C21H16ClN3O4S. The molecule has 2 aromatic carbocycles. The summed E-state index contributed by atoms with van der Waals surface area (Å²) in [5.74, 6) is 0.397. The Labute approximate surface area is 180 Å². The Hall–Kier alpha value is -3.36. The number of carboxylic acids is 1. The van der Waals surface area contributed by atoms with Gasteiger partial charge in [-0.2, -0.15) is 0 Å². The number of ether oxygens (including phenoxy) is 2. The lowest BCUT2D eigenvalue weighted by atomic mass is 10.1. The highest BCUT2D eigenvalue weighted by Crippen LogP contribution is 2.39. The van der Waals surface area contributed by atoms with Gasteiger partial charge in [-0.1, -0.05) is 23.7 Å². The number of hydrogen-bond donors (Lipinski definition) is 2. The number of benzene rings is 2. The smallest absolute Gasteiger partial charge is 0.339 e. The number of methoxy groups -OCH3 is 2. The van der Waals surface area contributed by atoms with Crippen molar-refractivity contribution >= 4 is 50.6 Å². The van der Waals surface area contributed by atoms with Crippen molar-refractivity contribution < 1.29 is 19.4 Å². The second-order valence-corrected chi connectivity index (χ2v) is 7.51. The van der Waals surface area contributed by atoms with Gasteiger partial charge in [-0.3, -0.25) is 0 Å². The van der Waals surface area contributed by atoms with E-state index in [2.05, 4.69) is 15.3 Å². The Bertz CT molecular complexity index is 1240. The highest BCUT2D eigenvalue weighted by molar-refractivity contribution is 7.17. The first kappa shape index (κ1) is 19.9. The molecule has 2 N–H and O–H groups in total. The number of carboxylic acid groups (broad SMARTS) is 1. The number of carbonyl (C=O) groups is 1. The summed E-state index contributed by atoms with van der Waals surface area (Å²) in [4.78, 5) is 21.0. The van der Waals surface area contributed by atoms with Crippen LogP contribution >= 0.6 is 22.9 Å². The summed E-state index contributed by atoms with van der Waals surface area (Å²) >= 11 is 7.84. The predicted octanol–water partition coefficient (Wildman–Crippen LogP) is 5.47. The minimum absolute atomic E-state index is 0.0182. The van der Waals surface area contributed by atoms with Gasteiger partial charge in [0, 0.05) is 17.0 Å². The number of nitrogens with one attached hydrogen (secondary N) is 1. The fraction of sp³-hybridized carbons (Fsp3) is 0.0952. The Morgan fingerprint density at radius 2 is 1.90 bits per heavy atom. The molecular weight excluding hydrogens is 426 g/mol. The zero-order chi connectivity index (χ0) is 21.3. The van der Waals surface area contributed by atoms with Gasteiger partial charge in [-0.05, 0) is 23.8 Å². The van der Waals surface area contributed by atoms with Crippen LogP contribution < -0.4 is 14.8 Å². The van der Waals surface area contributed by atoms with Gasteiger partial charge in [0.05, 0.1) is 30.3 Å². The normalized spacial score (nSPS) is 10.8. The third kappa shape index (κ3) is 3.62. The Morgan fingerprint density at radius 1 is 1.13 bits per heavy atom. The monoisotopic (exact) mass is 441 g/mol. The van der Waals surface area contributed by atoms with Gasteiger partial charge < -0.3 is 19.9 Å². The molecule has 0 fully saturated rings. The van der Waals surface area contributed by atoms with Crippen molar-refractivity contribution in [2.24, 2.45) is 0 Å². The maximum atomic E-state index is 11.4. The number of halogens is 1. The molecule has 2 heterocycles. The van der Waals surface area contributed by atoms with E-state index >= 15 is 0 Å². The fourth-order valence-corrected chi connectivity index (χ4v) is 4.19. The van der Waals surface area contributed by atoms with Crippen molar-refractivity contribution in [2.45, 2.75) is 0 Å². The third-order valence-electron chi connectivity index (χ3n) is 4.54. The first-order valence-electron chi connectivity index (χ1n) is 8.76. The lowest BCUT2D eigenvalue weighted by Gasteiger charge is -2.13. The molecule has 4 aromatic rings. The van der Waals surface area contributed by atoms with Crippen molar-refractivity contribution in [3.63, 3.8) is 0 Å². The van der Waals surface area contributed by atoms with Crippen molar-refractivity contribution in [1.29, 1.82) is 0 Å². The summed E-state index contributed by atoms with van der Waals surface area (Å²) in [5.41, 5.74) is 2.41. The molecule has 0 atom stereocenters. The van der Waals surface area contributed by atoms with E-state index in [0.29, 0.717) is 11.5 Å². The SMILES string of the molecule is COc1ccc(-c2csc3ncnc(Nc4cc(OC)c(C(=O)O)cc4Cl)c23)cc1. The first-order valence-corrected chi connectivity index (χ1v) is 10.0. The van der Waals surface area contributed by atoms with E-state index < -0.39 is 5.97 Å². The van der Waals surface area contributed by atoms with Crippen LogP contribution in [-0.4, -0.2) is 35.3 Å². The quantitative estimate of drug-likeness (QED) is 0.409. The van der Waals surface area contributed by atoms with E-state index in [1.54, 1.807) is 13.2 Å². The van der Waals surface area contributed by atoms with Crippen molar-refractivity contribution in [3.05, 3.63) is 58.7 Å². The van der Waals surface area contributed by atoms with E-state index in [4.69, 9.17) is 21.1 Å². The van der Waals surface area contributed by atoms with Crippen molar-refractivity contribution in [1.82, 2.24) is 9.97 Å². The number of aromatic nitrogens is 2. The molecule has 0 unspecified atom stereocenters. The zero-order valence-corrected chi connectivity index (χ0v) is 17.5. The van der Waals surface area contributed by atoms with Gasteiger partial charge >= 0.3 is 5.97 Å². The highest BCUT2D eigenvalue weighted by Gasteiger charge is 2.18. The molecule has 0 aliphatic heterocycles. The standard InChI is InChI=1S/C21H16ClN3O4S/c1-28-12-5-3-11(4-6-12)14-9-30-20-18(14)19(23-10-24-20)25-16-8-17(29-2)13(21(26)27)7-15(16)22/h3-10H,1-2H3,(H,26,27)(H,23,24,25). The number of aromatic carboxylic acids is 1. The van der Waals surface area contributed by atoms with Crippen LogP contribution in [0.4, 0.5) is 11.5 Å². The maximum Gasteiger partial charge on any atom is 0.339 e. The molecule has 0 saturated carbocycles.